The molecule has 0 radical (unpaired) electrons. The van der Waals surface area contributed by atoms with Crippen LogP contribution in [0.25, 0.3) is 0 Å². The Kier molecular flexibility index (Phi) is 2.95. The van der Waals surface area contributed by atoms with Crippen LogP contribution in [0.3, 0.4) is 0 Å². The van der Waals surface area contributed by atoms with Gasteiger partial charge in [0.05, 0.1) is 17.8 Å². The molecule has 84 valence electrons. The molecule has 0 spiro atoms. The average Bonchev–Trinajstić information content (AvgIpc) is 3.04. The van der Waals surface area contributed by atoms with Crippen molar-refractivity contribution in [1.82, 2.24) is 4.98 Å². The number of pyridine rings is 1. The first-order valence-electron chi connectivity index (χ1n) is 5.42. The van der Waals surface area contributed by atoms with Gasteiger partial charge in [0, 0.05) is 12.3 Å². The monoisotopic (exact) mass is 218 g/mol. The minimum Gasteiger partial charge on any atom is -0.485 e. The highest BCUT2D eigenvalue weighted by Gasteiger charge is 2.25. The van der Waals surface area contributed by atoms with Crippen molar-refractivity contribution in [1.29, 1.82) is 5.26 Å². The predicted octanol–water partition coefficient (Wildman–Crippen LogP) is 2.28. The van der Waals surface area contributed by atoms with Gasteiger partial charge in [0.1, 0.15) is 6.07 Å². The first-order chi connectivity index (χ1) is 7.69. The Morgan fingerprint density at radius 2 is 2.25 bits per heavy atom. The molecule has 0 N–H and O–H groups in total. The molecule has 0 bridgehead atoms. The lowest BCUT2D eigenvalue weighted by molar-refractivity contribution is 0.208. The standard InChI is InChI=1S/C12H14N2O2/c1-8(2)15-12-11(16-10-3-4-10)5-9(6-13)7-14-12/h5,7-8,10H,3-4H2,1-2H3. The van der Waals surface area contributed by atoms with Crippen molar-refractivity contribution < 1.29 is 9.47 Å². The first-order valence-corrected chi connectivity index (χ1v) is 5.42. The molecule has 1 fully saturated rings. The van der Waals surface area contributed by atoms with E-state index in [2.05, 4.69) is 4.98 Å². The zero-order chi connectivity index (χ0) is 11.5. The van der Waals surface area contributed by atoms with Crippen molar-refractivity contribution in [2.24, 2.45) is 0 Å². The van der Waals surface area contributed by atoms with E-state index in [9.17, 15) is 0 Å². The van der Waals surface area contributed by atoms with Crippen LogP contribution in [0.4, 0.5) is 0 Å². The molecule has 1 saturated carbocycles. The van der Waals surface area contributed by atoms with Gasteiger partial charge in [-0.25, -0.2) is 4.98 Å². The maximum Gasteiger partial charge on any atom is 0.257 e. The summed E-state index contributed by atoms with van der Waals surface area (Å²) in [6.45, 7) is 3.86. The molecule has 4 nitrogen and oxygen atoms in total. The average molecular weight is 218 g/mol. The van der Waals surface area contributed by atoms with Gasteiger partial charge in [-0.2, -0.15) is 5.26 Å². The predicted molar refractivity (Wildman–Crippen MR) is 58.4 cm³/mol. The summed E-state index contributed by atoms with van der Waals surface area (Å²) in [5.74, 6) is 1.05. The molecule has 0 unspecified atom stereocenters. The summed E-state index contributed by atoms with van der Waals surface area (Å²) in [6, 6.07) is 3.73. The van der Waals surface area contributed by atoms with Gasteiger partial charge in [0.25, 0.3) is 5.88 Å². The molecule has 0 amide bonds. The van der Waals surface area contributed by atoms with E-state index >= 15 is 0 Å². The van der Waals surface area contributed by atoms with Crippen LogP contribution in [-0.2, 0) is 0 Å². The maximum atomic E-state index is 8.80. The van der Waals surface area contributed by atoms with E-state index in [1.54, 1.807) is 6.07 Å². The first kappa shape index (κ1) is 10.7. The van der Waals surface area contributed by atoms with Crippen molar-refractivity contribution in [3.8, 4) is 17.7 Å². The topological polar surface area (TPSA) is 55.1 Å². The highest BCUT2D eigenvalue weighted by molar-refractivity contribution is 5.41. The lowest BCUT2D eigenvalue weighted by Crippen LogP contribution is -2.09. The van der Waals surface area contributed by atoms with Gasteiger partial charge in [-0.15, -0.1) is 0 Å². The fraction of sp³-hybridized carbons (Fsp3) is 0.500. The molecule has 16 heavy (non-hydrogen) atoms. The second kappa shape index (κ2) is 4.40. The van der Waals surface area contributed by atoms with E-state index in [1.807, 2.05) is 19.9 Å². The molecular formula is C12H14N2O2. The fourth-order valence-corrected chi connectivity index (χ4v) is 1.25. The Morgan fingerprint density at radius 1 is 1.50 bits per heavy atom. The van der Waals surface area contributed by atoms with E-state index in [-0.39, 0.29) is 12.2 Å². The molecule has 1 aromatic heterocycles. The van der Waals surface area contributed by atoms with Crippen molar-refractivity contribution in [2.75, 3.05) is 0 Å². The van der Waals surface area contributed by atoms with Gasteiger partial charge in [0.15, 0.2) is 5.75 Å². The van der Waals surface area contributed by atoms with Gasteiger partial charge in [-0.05, 0) is 26.7 Å². The molecule has 1 aliphatic carbocycles. The summed E-state index contributed by atoms with van der Waals surface area (Å²) in [5, 5.41) is 8.80. The Hall–Kier alpha value is -1.76. The van der Waals surface area contributed by atoms with Crippen LogP contribution in [0, 0.1) is 11.3 Å². The zero-order valence-corrected chi connectivity index (χ0v) is 9.43. The van der Waals surface area contributed by atoms with Gasteiger partial charge in [0.2, 0.25) is 0 Å². The van der Waals surface area contributed by atoms with Crippen LogP contribution >= 0.6 is 0 Å². The van der Waals surface area contributed by atoms with Crippen LogP contribution in [0.2, 0.25) is 0 Å². The molecule has 2 rings (SSSR count). The van der Waals surface area contributed by atoms with Gasteiger partial charge in [-0.3, -0.25) is 0 Å². The smallest absolute Gasteiger partial charge is 0.257 e. The molecule has 0 atom stereocenters. The summed E-state index contributed by atoms with van der Waals surface area (Å²) in [5.41, 5.74) is 0.492. The number of nitrogens with zero attached hydrogens (tertiary/aromatic N) is 2. The van der Waals surface area contributed by atoms with Crippen LogP contribution in [0.1, 0.15) is 32.3 Å². The molecule has 1 aromatic rings. The van der Waals surface area contributed by atoms with Crippen molar-refractivity contribution in [3.05, 3.63) is 17.8 Å². The number of rotatable bonds is 4. The second-order valence-electron chi connectivity index (χ2n) is 4.12. The number of aromatic nitrogens is 1. The molecule has 0 saturated heterocycles. The van der Waals surface area contributed by atoms with E-state index in [4.69, 9.17) is 14.7 Å². The fourth-order valence-electron chi connectivity index (χ4n) is 1.25. The summed E-state index contributed by atoms with van der Waals surface area (Å²) >= 11 is 0. The largest absolute Gasteiger partial charge is 0.485 e. The lowest BCUT2D eigenvalue weighted by Gasteiger charge is -2.13. The molecular weight excluding hydrogens is 204 g/mol. The third-order valence-corrected chi connectivity index (χ3v) is 2.11. The van der Waals surface area contributed by atoms with Crippen LogP contribution in [0.15, 0.2) is 12.3 Å². The third kappa shape index (κ3) is 2.63. The lowest BCUT2D eigenvalue weighted by atomic mass is 10.3. The Balaban J connectivity index is 2.23. The number of ether oxygens (including phenoxy) is 2. The van der Waals surface area contributed by atoms with E-state index in [1.165, 1.54) is 6.20 Å². The van der Waals surface area contributed by atoms with Crippen LogP contribution < -0.4 is 9.47 Å². The van der Waals surface area contributed by atoms with Gasteiger partial charge < -0.3 is 9.47 Å². The third-order valence-electron chi connectivity index (χ3n) is 2.11. The Labute approximate surface area is 94.8 Å². The van der Waals surface area contributed by atoms with Gasteiger partial charge in [-0.1, -0.05) is 0 Å². The summed E-state index contributed by atoms with van der Waals surface area (Å²) in [7, 11) is 0. The number of hydrogen-bond acceptors (Lipinski definition) is 4. The van der Waals surface area contributed by atoms with Crippen molar-refractivity contribution in [3.63, 3.8) is 0 Å². The Morgan fingerprint density at radius 3 is 2.81 bits per heavy atom. The van der Waals surface area contributed by atoms with Crippen LogP contribution in [0.5, 0.6) is 11.6 Å². The van der Waals surface area contributed by atoms with Crippen molar-refractivity contribution in [2.45, 2.75) is 38.9 Å². The zero-order valence-electron chi connectivity index (χ0n) is 9.43. The number of hydrogen-bond donors (Lipinski definition) is 0. The van der Waals surface area contributed by atoms with E-state index < -0.39 is 0 Å². The normalized spacial score (nSPS) is 14.6. The van der Waals surface area contributed by atoms with Crippen molar-refractivity contribution >= 4 is 0 Å². The highest BCUT2D eigenvalue weighted by atomic mass is 16.5. The molecule has 0 aromatic carbocycles. The molecule has 1 heterocycles. The van der Waals surface area contributed by atoms with E-state index in [0.717, 1.165) is 12.8 Å². The SMILES string of the molecule is CC(C)Oc1ncc(C#N)cc1OC1CC1. The number of nitriles is 1. The van der Waals surface area contributed by atoms with Crippen LogP contribution in [-0.4, -0.2) is 17.2 Å². The summed E-state index contributed by atoms with van der Waals surface area (Å²) in [6.07, 6.45) is 3.94. The minimum atomic E-state index is 0.0435. The quantitative estimate of drug-likeness (QED) is 0.778. The summed E-state index contributed by atoms with van der Waals surface area (Å²) in [4.78, 5) is 4.10. The molecule has 1 aliphatic rings. The molecule has 0 aliphatic heterocycles. The summed E-state index contributed by atoms with van der Waals surface area (Å²) < 4.78 is 11.2. The highest BCUT2D eigenvalue weighted by Crippen LogP contribution is 2.33. The van der Waals surface area contributed by atoms with E-state index in [0.29, 0.717) is 17.2 Å². The maximum absolute atomic E-state index is 8.80. The molecule has 4 heteroatoms. The minimum absolute atomic E-state index is 0.0435. The Bertz CT molecular complexity index is 420. The van der Waals surface area contributed by atoms with Gasteiger partial charge >= 0.3 is 0 Å². The second-order valence-corrected chi connectivity index (χ2v) is 4.12.